The molecule has 0 fully saturated rings. The van der Waals surface area contributed by atoms with Gasteiger partial charge in [-0.3, -0.25) is 4.79 Å². The van der Waals surface area contributed by atoms with E-state index in [-0.39, 0.29) is 5.78 Å². The van der Waals surface area contributed by atoms with Gasteiger partial charge >= 0.3 is 0 Å². The Bertz CT molecular complexity index is 1110. The van der Waals surface area contributed by atoms with Crippen LogP contribution < -0.4 is 10.6 Å². The third kappa shape index (κ3) is 4.72. The maximum absolute atomic E-state index is 11.4. The standard InChI is InChI=1S/C24H23N5O/c1-18(30)21-14-12-20(13-15-21)16-25-23-27-24(26-17-19-8-4-2-5-9-19)29(28-23)22-10-6-3-7-11-22/h2-15H,16-17H2,1H3,(H2,25,26,27,28). The molecule has 0 aliphatic rings. The highest BCUT2D eigenvalue weighted by Gasteiger charge is 2.11. The third-order valence-corrected chi connectivity index (χ3v) is 4.71. The number of carbonyl (C=O) groups is 1. The van der Waals surface area contributed by atoms with Gasteiger partial charge in [0.15, 0.2) is 5.78 Å². The lowest BCUT2D eigenvalue weighted by molar-refractivity contribution is 0.101. The second-order valence-corrected chi connectivity index (χ2v) is 6.95. The summed E-state index contributed by atoms with van der Waals surface area (Å²) < 4.78 is 1.80. The van der Waals surface area contributed by atoms with Crippen molar-refractivity contribution in [3.8, 4) is 5.69 Å². The van der Waals surface area contributed by atoms with Crippen LogP contribution in [0.1, 0.15) is 28.4 Å². The second kappa shape index (κ2) is 9.05. The highest BCUT2D eigenvalue weighted by atomic mass is 16.1. The first-order chi connectivity index (χ1) is 14.7. The van der Waals surface area contributed by atoms with Crippen molar-refractivity contribution in [2.45, 2.75) is 20.0 Å². The lowest BCUT2D eigenvalue weighted by Gasteiger charge is -2.07. The van der Waals surface area contributed by atoms with Crippen molar-refractivity contribution >= 4 is 17.7 Å². The lowest BCUT2D eigenvalue weighted by atomic mass is 10.1. The van der Waals surface area contributed by atoms with E-state index in [0.717, 1.165) is 11.3 Å². The summed E-state index contributed by atoms with van der Waals surface area (Å²) in [6.45, 7) is 2.78. The molecule has 1 heterocycles. The molecule has 0 aliphatic carbocycles. The van der Waals surface area contributed by atoms with Gasteiger partial charge in [0.2, 0.25) is 11.9 Å². The molecule has 0 saturated carbocycles. The topological polar surface area (TPSA) is 71.8 Å². The van der Waals surface area contributed by atoms with Gasteiger partial charge in [-0.1, -0.05) is 72.8 Å². The van der Waals surface area contributed by atoms with Gasteiger partial charge in [0.1, 0.15) is 0 Å². The van der Waals surface area contributed by atoms with E-state index in [0.29, 0.717) is 30.5 Å². The predicted octanol–water partition coefficient (Wildman–Crippen LogP) is 4.69. The molecule has 6 nitrogen and oxygen atoms in total. The van der Waals surface area contributed by atoms with Crippen molar-refractivity contribution < 1.29 is 4.79 Å². The number of nitrogens with zero attached hydrogens (tertiary/aromatic N) is 3. The van der Waals surface area contributed by atoms with Gasteiger partial charge in [-0.25, -0.2) is 0 Å². The molecule has 2 N–H and O–H groups in total. The molecule has 0 aliphatic heterocycles. The van der Waals surface area contributed by atoms with Crippen LogP contribution in [0.15, 0.2) is 84.9 Å². The number of hydrogen-bond donors (Lipinski definition) is 2. The molecule has 0 unspecified atom stereocenters. The molecule has 4 aromatic rings. The van der Waals surface area contributed by atoms with Crippen molar-refractivity contribution in [1.29, 1.82) is 0 Å². The minimum absolute atomic E-state index is 0.0620. The summed E-state index contributed by atoms with van der Waals surface area (Å²) in [6.07, 6.45) is 0. The third-order valence-electron chi connectivity index (χ3n) is 4.71. The molecule has 0 bridgehead atoms. The van der Waals surface area contributed by atoms with Crippen LogP contribution in [0.5, 0.6) is 0 Å². The molecule has 1 aromatic heterocycles. The average Bonchev–Trinajstić information content (AvgIpc) is 3.21. The maximum atomic E-state index is 11.4. The number of anilines is 2. The number of para-hydroxylation sites is 1. The number of carbonyl (C=O) groups excluding carboxylic acids is 1. The molecule has 0 radical (unpaired) electrons. The Hall–Kier alpha value is -3.93. The number of nitrogens with one attached hydrogen (secondary N) is 2. The van der Waals surface area contributed by atoms with Gasteiger partial charge in [0, 0.05) is 18.7 Å². The Morgan fingerprint density at radius 2 is 1.40 bits per heavy atom. The molecule has 150 valence electrons. The highest BCUT2D eigenvalue weighted by Crippen LogP contribution is 2.17. The molecule has 0 atom stereocenters. The first kappa shape index (κ1) is 19.4. The van der Waals surface area contributed by atoms with Crippen LogP contribution in [-0.2, 0) is 13.1 Å². The second-order valence-electron chi connectivity index (χ2n) is 6.95. The van der Waals surface area contributed by atoms with Crippen LogP contribution in [0, 0.1) is 0 Å². The van der Waals surface area contributed by atoms with Gasteiger partial charge in [0.05, 0.1) is 5.69 Å². The first-order valence-electron chi connectivity index (χ1n) is 9.83. The van der Waals surface area contributed by atoms with Crippen molar-refractivity contribution in [2.24, 2.45) is 0 Å². The molecule has 0 amide bonds. The van der Waals surface area contributed by atoms with Crippen LogP contribution in [0.4, 0.5) is 11.9 Å². The highest BCUT2D eigenvalue weighted by molar-refractivity contribution is 5.94. The Kier molecular flexibility index (Phi) is 5.85. The summed E-state index contributed by atoms with van der Waals surface area (Å²) in [6, 6.07) is 27.6. The molecule has 30 heavy (non-hydrogen) atoms. The van der Waals surface area contributed by atoms with Gasteiger partial charge in [-0.15, -0.1) is 5.10 Å². The zero-order valence-electron chi connectivity index (χ0n) is 16.7. The normalized spacial score (nSPS) is 10.6. The van der Waals surface area contributed by atoms with Crippen LogP contribution in [0.2, 0.25) is 0 Å². The number of ketones is 1. The summed E-state index contributed by atoms with van der Waals surface area (Å²) in [5, 5.41) is 11.3. The maximum Gasteiger partial charge on any atom is 0.244 e. The first-order valence-corrected chi connectivity index (χ1v) is 9.83. The number of Topliss-reactive ketones (excluding diaryl/α,β-unsaturated/α-hetero) is 1. The molecular formula is C24H23N5O. The van der Waals surface area contributed by atoms with Gasteiger partial charge in [-0.2, -0.15) is 9.67 Å². The minimum atomic E-state index is 0.0620. The summed E-state index contributed by atoms with van der Waals surface area (Å²) in [5.41, 5.74) is 3.85. The van der Waals surface area contributed by atoms with Gasteiger partial charge in [-0.05, 0) is 30.2 Å². The molecule has 4 rings (SSSR count). The fourth-order valence-electron chi connectivity index (χ4n) is 3.07. The predicted molar refractivity (Wildman–Crippen MR) is 119 cm³/mol. The quantitative estimate of drug-likeness (QED) is 0.422. The van der Waals surface area contributed by atoms with E-state index < -0.39 is 0 Å². The number of benzene rings is 3. The smallest absolute Gasteiger partial charge is 0.244 e. The number of aromatic nitrogens is 3. The Balaban J connectivity index is 1.51. The fourth-order valence-corrected chi connectivity index (χ4v) is 3.07. The Labute approximate surface area is 175 Å². The molecule has 6 heteroatoms. The van der Waals surface area contributed by atoms with Crippen LogP contribution in [-0.4, -0.2) is 20.5 Å². The summed E-state index contributed by atoms with van der Waals surface area (Å²) in [5.74, 6) is 1.26. The number of hydrogen-bond acceptors (Lipinski definition) is 5. The van der Waals surface area contributed by atoms with Crippen molar-refractivity contribution in [1.82, 2.24) is 14.8 Å². The van der Waals surface area contributed by atoms with Gasteiger partial charge in [0.25, 0.3) is 0 Å². The van der Waals surface area contributed by atoms with Crippen LogP contribution in [0.25, 0.3) is 5.69 Å². The zero-order valence-corrected chi connectivity index (χ0v) is 16.7. The van der Waals surface area contributed by atoms with E-state index in [9.17, 15) is 4.79 Å². The summed E-state index contributed by atoms with van der Waals surface area (Å²) in [7, 11) is 0. The largest absolute Gasteiger partial charge is 0.350 e. The fraction of sp³-hybridized carbons (Fsp3) is 0.125. The van der Waals surface area contributed by atoms with Crippen molar-refractivity contribution in [3.05, 3.63) is 102 Å². The molecule has 0 saturated heterocycles. The zero-order chi connectivity index (χ0) is 20.8. The van der Waals surface area contributed by atoms with E-state index >= 15 is 0 Å². The Morgan fingerprint density at radius 1 is 0.800 bits per heavy atom. The van der Waals surface area contributed by atoms with Crippen LogP contribution >= 0.6 is 0 Å². The van der Waals surface area contributed by atoms with E-state index in [1.54, 1.807) is 11.6 Å². The van der Waals surface area contributed by atoms with E-state index in [1.807, 2.05) is 72.8 Å². The van der Waals surface area contributed by atoms with E-state index in [2.05, 4.69) is 32.8 Å². The molecule has 0 spiro atoms. The SMILES string of the molecule is CC(=O)c1ccc(CNc2nc(NCc3ccccc3)n(-c3ccccc3)n2)cc1. The summed E-state index contributed by atoms with van der Waals surface area (Å²) >= 11 is 0. The van der Waals surface area contributed by atoms with Gasteiger partial charge < -0.3 is 10.6 Å². The van der Waals surface area contributed by atoms with Crippen LogP contribution in [0.3, 0.4) is 0 Å². The van der Waals surface area contributed by atoms with Crippen molar-refractivity contribution in [2.75, 3.05) is 10.6 Å². The monoisotopic (exact) mass is 397 g/mol. The van der Waals surface area contributed by atoms with Crippen molar-refractivity contribution in [3.63, 3.8) is 0 Å². The van der Waals surface area contributed by atoms with E-state index in [4.69, 9.17) is 0 Å². The minimum Gasteiger partial charge on any atom is -0.350 e. The average molecular weight is 397 g/mol. The summed E-state index contributed by atoms with van der Waals surface area (Å²) in [4.78, 5) is 16.1. The Morgan fingerprint density at radius 3 is 2.07 bits per heavy atom. The van der Waals surface area contributed by atoms with E-state index in [1.165, 1.54) is 5.56 Å². The molecular weight excluding hydrogens is 374 g/mol. The number of rotatable bonds is 8. The molecule has 3 aromatic carbocycles. The lowest BCUT2D eigenvalue weighted by Crippen LogP contribution is -2.07.